The molecule has 1 heterocycles. The summed E-state index contributed by atoms with van der Waals surface area (Å²) in [7, 11) is 0. The van der Waals surface area contributed by atoms with E-state index in [1.165, 1.54) is 0 Å². The third kappa shape index (κ3) is 4.66. The van der Waals surface area contributed by atoms with Crippen molar-refractivity contribution < 1.29 is 4.79 Å². The summed E-state index contributed by atoms with van der Waals surface area (Å²) in [4.78, 5) is 20.2. The van der Waals surface area contributed by atoms with Gasteiger partial charge in [-0.1, -0.05) is 32.0 Å². The molecule has 7 nitrogen and oxygen atoms in total. The SMILES string of the molecule is CCNC(=O)N1CCN(/C(=N\C#N)Nc2ccccc2C)C(C(C)C)C1. The minimum absolute atomic E-state index is 0.0385. The number of nitrogens with one attached hydrogen (secondary N) is 2. The molecule has 7 heteroatoms. The normalized spacial score (nSPS) is 17.8. The number of guanidine groups is 1. The van der Waals surface area contributed by atoms with Gasteiger partial charge in [-0.3, -0.25) is 0 Å². The van der Waals surface area contributed by atoms with E-state index >= 15 is 0 Å². The van der Waals surface area contributed by atoms with Gasteiger partial charge in [-0.15, -0.1) is 4.99 Å². The topological polar surface area (TPSA) is 83.8 Å². The van der Waals surface area contributed by atoms with Crippen molar-refractivity contribution in [2.45, 2.75) is 33.7 Å². The number of nitrogens with zero attached hydrogens (tertiary/aromatic N) is 4. The zero-order valence-electron chi connectivity index (χ0n) is 16.0. The Morgan fingerprint density at radius 3 is 2.73 bits per heavy atom. The maximum atomic E-state index is 12.2. The van der Waals surface area contributed by atoms with Crippen LogP contribution in [-0.2, 0) is 0 Å². The lowest BCUT2D eigenvalue weighted by atomic mass is 10.00. The van der Waals surface area contributed by atoms with Crippen molar-refractivity contribution in [2.24, 2.45) is 10.9 Å². The average molecular weight is 356 g/mol. The van der Waals surface area contributed by atoms with Crippen molar-refractivity contribution in [3.05, 3.63) is 29.8 Å². The molecule has 1 unspecified atom stereocenters. The largest absolute Gasteiger partial charge is 0.338 e. The number of hydrogen-bond donors (Lipinski definition) is 2. The number of para-hydroxylation sites is 1. The van der Waals surface area contributed by atoms with Crippen molar-refractivity contribution in [1.29, 1.82) is 5.26 Å². The summed E-state index contributed by atoms with van der Waals surface area (Å²) in [5.41, 5.74) is 2.01. The molecule has 0 saturated carbocycles. The van der Waals surface area contributed by atoms with Gasteiger partial charge in [0.2, 0.25) is 12.2 Å². The lowest BCUT2D eigenvalue weighted by Gasteiger charge is -2.44. The number of benzene rings is 1. The predicted molar refractivity (Wildman–Crippen MR) is 104 cm³/mol. The lowest BCUT2D eigenvalue weighted by Crippen LogP contribution is -2.60. The number of urea groups is 1. The first-order valence-electron chi connectivity index (χ1n) is 9.06. The standard InChI is InChI=1S/C19H28N6O/c1-5-21-19(26)24-10-11-25(17(12-24)14(2)3)18(22-13-20)23-16-9-7-6-8-15(16)4/h6-9,14,17H,5,10-12H2,1-4H3,(H,21,26)(H,22,23). The highest BCUT2D eigenvalue weighted by molar-refractivity contribution is 5.95. The van der Waals surface area contributed by atoms with Crippen molar-refractivity contribution in [3.8, 4) is 6.19 Å². The minimum Gasteiger partial charge on any atom is -0.338 e. The fraction of sp³-hybridized carbons (Fsp3) is 0.526. The predicted octanol–water partition coefficient (Wildman–Crippen LogP) is 2.62. The van der Waals surface area contributed by atoms with Gasteiger partial charge in [0.1, 0.15) is 0 Å². The van der Waals surface area contributed by atoms with Gasteiger partial charge in [-0.25, -0.2) is 4.79 Å². The van der Waals surface area contributed by atoms with E-state index in [0.717, 1.165) is 11.3 Å². The molecule has 1 aliphatic rings. The van der Waals surface area contributed by atoms with Gasteiger partial charge in [0.25, 0.3) is 0 Å². The molecule has 2 amide bonds. The summed E-state index contributed by atoms with van der Waals surface area (Å²) >= 11 is 0. The smallest absolute Gasteiger partial charge is 0.317 e. The quantitative estimate of drug-likeness (QED) is 0.495. The second-order valence-electron chi connectivity index (χ2n) is 6.76. The monoisotopic (exact) mass is 356 g/mol. The molecular formula is C19H28N6O. The zero-order chi connectivity index (χ0) is 19.1. The Kier molecular flexibility index (Phi) is 6.84. The van der Waals surface area contributed by atoms with Gasteiger partial charge in [0.15, 0.2) is 0 Å². The van der Waals surface area contributed by atoms with Crippen LogP contribution in [0, 0.1) is 24.3 Å². The number of carbonyl (C=O) groups excluding carboxylic acids is 1. The number of carbonyl (C=O) groups is 1. The van der Waals surface area contributed by atoms with Crippen LogP contribution in [0.5, 0.6) is 0 Å². The van der Waals surface area contributed by atoms with Crippen molar-refractivity contribution in [2.75, 3.05) is 31.5 Å². The van der Waals surface area contributed by atoms with Crippen LogP contribution in [0.4, 0.5) is 10.5 Å². The molecule has 2 rings (SSSR count). The molecule has 2 N–H and O–H groups in total. The zero-order valence-corrected chi connectivity index (χ0v) is 16.0. The molecule has 0 aromatic heterocycles. The second-order valence-corrected chi connectivity index (χ2v) is 6.76. The second kappa shape index (κ2) is 9.09. The third-order valence-electron chi connectivity index (χ3n) is 4.62. The maximum absolute atomic E-state index is 12.2. The molecule has 1 fully saturated rings. The van der Waals surface area contributed by atoms with Gasteiger partial charge in [0.05, 0.1) is 6.04 Å². The number of amides is 2. The Balaban J connectivity index is 2.22. The minimum atomic E-state index is -0.0385. The van der Waals surface area contributed by atoms with E-state index in [0.29, 0.717) is 38.1 Å². The van der Waals surface area contributed by atoms with Crippen molar-refractivity contribution >= 4 is 17.7 Å². The van der Waals surface area contributed by atoms with Gasteiger partial charge >= 0.3 is 6.03 Å². The fourth-order valence-corrected chi connectivity index (χ4v) is 3.14. The summed E-state index contributed by atoms with van der Waals surface area (Å²) in [5.74, 6) is 0.839. The summed E-state index contributed by atoms with van der Waals surface area (Å²) in [6.45, 7) is 10.6. The summed E-state index contributed by atoms with van der Waals surface area (Å²) in [6.07, 6.45) is 1.91. The lowest BCUT2D eigenvalue weighted by molar-refractivity contribution is 0.114. The van der Waals surface area contributed by atoms with Crippen LogP contribution in [0.2, 0.25) is 0 Å². The summed E-state index contributed by atoms with van der Waals surface area (Å²) in [6, 6.07) is 7.95. The molecular weight excluding hydrogens is 328 g/mol. The summed E-state index contributed by atoms with van der Waals surface area (Å²) in [5, 5.41) is 15.3. The Bertz CT molecular complexity index is 694. The molecule has 26 heavy (non-hydrogen) atoms. The average Bonchev–Trinajstić information content (AvgIpc) is 2.62. The number of aryl methyl sites for hydroxylation is 1. The Morgan fingerprint density at radius 2 is 2.12 bits per heavy atom. The molecule has 0 aliphatic carbocycles. The Hall–Kier alpha value is -2.75. The van der Waals surface area contributed by atoms with Crippen molar-refractivity contribution in [3.63, 3.8) is 0 Å². The third-order valence-corrected chi connectivity index (χ3v) is 4.62. The van der Waals surface area contributed by atoms with E-state index in [4.69, 9.17) is 0 Å². The maximum Gasteiger partial charge on any atom is 0.317 e. The van der Waals surface area contributed by atoms with Crippen LogP contribution in [0.3, 0.4) is 0 Å². The van der Waals surface area contributed by atoms with Gasteiger partial charge in [0, 0.05) is 31.9 Å². The van der Waals surface area contributed by atoms with Gasteiger partial charge < -0.3 is 20.4 Å². The van der Waals surface area contributed by atoms with E-state index in [2.05, 4.69) is 34.4 Å². The molecule has 140 valence electrons. The molecule has 1 aromatic rings. The molecule has 0 radical (unpaired) electrons. The Morgan fingerprint density at radius 1 is 1.38 bits per heavy atom. The Labute approximate surface area is 155 Å². The van der Waals surface area contributed by atoms with E-state index in [-0.39, 0.29) is 12.1 Å². The fourth-order valence-electron chi connectivity index (χ4n) is 3.14. The highest BCUT2D eigenvalue weighted by Crippen LogP contribution is 2.20. The highest BCUT2D eigenvalue weighted by atomic mass is 16.2. The van der Waals surface area contributed by atoms with Crippen LogP contribution in [0.1, 0.15) is 26.3 Å². The number of aliphatic imine (C=N–C) groups is 1. The molecule has 1 atom stereocenters. The van der Waals surface area contributed by atoms with Gasteiger partial charge in [-0.05, 0) is 31.4 Å². The number of anilines is 1. The first-order chi connectivity index (χ1) is 12.5. The van der Waals surface area contributed by atoms with E-state index in [1.807, 2.05) is 49.2 Å². The van der Waals surface area contributed by atoms with Crippen LogP contribution in [-0.4, -0.2) is 54.0 Å². The van der Waals surface area contributed by atoms with Crippen LogP contribution >= 0.6 is 0 Å². The van der Waals surface area contributed by atoms with Crippen LogP contribution in [0.15, 0.2) is 29.3 Å². The molecule has 0 bridgehead atoms. The summed E-state index contributed by atoms with van der Waals surface area (Å²) < 4.78 is 0. The highest BCUT2D eigenvalue weighted by Gasteiger charge is 2.33. The number of piperazine rings is 1. The van der Waals surface area contributed by atoms with E-state index in [1.54, 1.807) is 0 Å². The van der Waals surface area contributed by atoms with Crippen molar-refractivity contribution in [1.82, 2.24) is 15.1 Å². The molecule has 1 saturated heterocycles. The van der Waals surface area contributed by atoms with E-state index in [9.17, 15) is 10.1 Å². The number of hydrogen-bond acceptors (Lipinski definition) is 3. The number of rotatable bonds is 3. The first-order valence-corrected chi connectivity index (χ1v) is 9.06. The molecule has 1 aliphatic heterocycles. The van der Waals surface area contributed by atoms with Crippen LogP contribution in [0.25, 0.3) is 0 Å². The number of nitriles is 1. The van der Waals surface area contributed by atoms with Gasteiger partial charge in [-0.2, -0.15) is 5.26 Å². The van der Waals surface area contributed by atoms with Crippen LogP contribution < -0.4 is 10.6 Å². The molecule has 1 aromatic carbocycles. The van der Waals surface area contributed by atoms with E-state index < -0.39 is 0 Å². The first kappa shape index (κ1) is 19.6. The molecule has 0 spiro atoms.